The van der Waals surface area contributed by atoms with Crippen molar-refractivity contribution in [1.82, 2.24) is 27.0 Å². The Morgan fingerprint density at radius 3 is 0.850 bits per heavy atom. The zero-order valence-electron chi connectivity index (χ0n) is 46.5. The van der Waals surface area contributed by atoms with Crippen molar-refractivity contribution in [3.63, 3.8) is 0 Å². The summed E-state index contributed by atoms with van der Waals surface area (Å²) in [4.78, 5) is 5.54. The minimum Gasteiger partial charge on any atom is -0.299 e. The minimum absolute atomic E-state index is 0.00663. The molecule has 8 rings (SSSR count). The second-order valence-electron chi connectivity index (χ2n) is 20.4. The van der Waals surface area contributed by atoms with Gasteiger partial charge in [0.1, 0.15) is 0 Å². The van der Waals surface area contributed by atoms with Gasteiger partial charge in [-0.25, -0.2) is 33.7 Å². The molecule has 0 aromatic heterocycles. The SMILES string of the molecule is Cc1ccc(S(=O)(=O)N2C/C=C\CN(S(=O)(=O)c3ccc(C)cc3)CCCN(Cc3ccccc3)CCC2)cc1.Cc1ccc(S(=O)(=O)N2CC#CCN(S(=O)(=O)c3ccc(C)cc3)CCCN(Cc3ccccc3)CCC2)cc1. The molecule has 18 heteroatoms. The van der Waals surface area contributed by atoms with E-state index in [2.05, 4.69) is 45.9 Å². The van der Waals surface area contributed by atoms with Gasteiger partial charge >= 0.3 is 0 Å². The van der Waals surface area contributed by atoms with E-state index < -0.39 is 40.1 Å². The van der Waals surface area contributed by atoms with Gasteiger partial charge in [0.05, 0.1) is 32.7 Å². The van der Waals surface area contributed by atoms with E-state index in [1.807, 2.05) is 64.1 Å². The van der Waals surface area contributed by atoms with Crippen LogP contribution >= 0.6 is 0 Å². The van der Waals surface area contributed by atoms with E-state index in [0.717, 1.165) is 27.8 Å². The van der Waals surface area contributed by atoms with Gasteiger partial charge in [-0.15, -0.1) is 0 Å². The van der Waals surface area contributed by atoms with Crippen molar-refractivity contribution < 1.29 is 33.7 Å². The fourth-order valence-corrected chi connectivity index (χ4v) is 15.0. The summed E-state index contributed by atoms with van der Waals surface area (Å²) in [5.41, 5.74) is 6.28. The Labute approximate surface area is 477 Å². The maximum atomic E-state index is 13.6. The summed E-state index contributed by atoms with van der Waals surface area (Å²) in [6.07, 6.45) is 6.12. The lowest BCUT2D eigenvalue weighted by Crippen LogP contribution is -2.36. The van der Waals surface area contributed by atoms with Gasteiger partial charge in [0.2, 0.25) is 40.1 Å². The molecule has 0 unspecified atom stereocenters. The van der Waals surface area contributed by atoms with Crippen molar-refractivity contribution in [2.24, 2.45) is 0 Å². The van der Waals surface area contributed by atoms with Gasteiger partial charge in [0, 0.05) is 52.4 Å². The Balaban J connectivity index is 0.000000231. The number of hydrogen-bond acceptors (Lipinski definition) is 10. The molecular weight excluding hydrogens is 1080 g/mol. The van der Waals surface area contributed by atoms with Crippen molar-refractivity contribution in [2.75, 3.05) is 78.5 Å². The Morgan fingerprint density at radius 2 is 0.575 bits per heavy atom. The molecule has 0 saturated carbocycles. The highest BCUT2D eigenvalue weighted by Crippen LogP contribution is 2.23. The van der Waals surface area contributed by atoms with Crippen LogP contribution in [0.25, 0.3) is 0 Å². The standard InChI is InChI=1S/C31H39N3O4S2.C31H37N3O4S2/c2*1-27-12-16-30(17-13-27)39(35,36)33-22-6-7-23-34(40(37,38)31-18-14-28(2)15-19-31)25-9-21-32(20-8-24-33)26-29-10-4-3-5-11-29/h3-7,10-19H,8-9,20-26H2,1-2H3;3-5,10-19H,8-9,20-26H2,1-2H3/b7-6-;. The van der Waals surface area contributed by atoms with Crippen LogP contribution in [0.4, 0.5) is 0 Å². The zero-order valence-corrected chi connectivity index (χ0v) is 49.7. The van der Waals surface area contributed by atoms with Gasteiger partial charge in [0.15, 0.2) is 0 Å². The molecule has 14 nitrogen and oxygen atoms in total. The summed E-state index contributed by atoms with van der Waals surface area (Å²) in [6, 6.07) is 47.7. The molecule has 426 valence electrons. The van der Waals surface area contributed by atoms with Crippen LogP contribution in [0.3, 0.4) is 0 Å². The summed E-state index contributed by atoms with van der Waals surface area (Å²) >= 11 is 0. The lowest BCUT2D eigenvalue weighted by atomic mass is 10.2. The predicted molar refractivity (Wildman–Crippen MR) is 319 cm³/mol. The quantitative estimate of drug-likeness (QED) is 0.0856. The topological polar surface area (TPSA) is 156 Å². The van der Waals surface area contributed by atoms with E-state index >= 15 is 0 Å². The molecule has 6 aromatic carbocycles. The number of hydrogen-bond donors (Lipinski definition) is 0. The van der Waals surface area contributed by atoms with Crippen LogP contribution in [0.2, 0.25) is 0 Å². The highest BCUT2D eigenvalue weighted by atomic mass is 32.2. The van der Waals surface area contributed by atoms with Gasteiger partial charge in [0.25, 0.3) is 0 Å². The molecule has 2 aliphatic heterocycles. The first-order valence-corrected chi connectivity index (χ1v) is 33.0. The van der Waals surface area contributed by atoms with Crippen molar-refractivity contribution >= 4 is 40.1 Å². The summed E-state index contributed by atoms with van der Waals surface area (Å²) in [5.74, 6) is 5.90. The fourth-order valence-electron chi connectivity index (χ4n) is 9.40. The molecule has 0 aliphatic carbocycles. The first kappa shape index (κ1) is 61.8. The Kier molecular flexibility index (Phi) is 22.6. The molecule has 0 N–H and O–H groups in total. The Hall–Kier alpha value is -5.82. The second kappa shape index (κ2) is 29.2. The molecule has 0 fully saturated rings. The molecule has 0 saturated heterocycles. The first-order chi connectivity index (χ1) is 38.3. The second-order valence-corrected chi connectivity index (χ2v) is 28.2. The molecular formula is C62H76N6O8S4. The number of benzene rings is 6. The van der Waals surface area contributed by atoms with E-state index in [1.54, 1.807) is 109 Å². The Morgan fingerprint density at radius 1 is 0.325 bits per heavy atom. The molecule has 0 spiro atoms. The molecule has 0 amide bonds. The number of aryl methyl sites for hydroxylation is 4. The third-order valence-electron chi connectivity index (χ3n) is 14.1. The van der Waals surface area contributed by atoms with Gasteiger partial charge < -0.3 is 0 Å². The molecule has 6 aromatic rings. The van der Waals surface area contributed by atoms with Gasteiger partial charge in [-0.2, -0.15) is 17.2 Å². The van der Waals surface area contributed by atoms with Crippen molar-refractivity contribution in [3.8, 4) is 11.8 Å². The van der Waals surface area contributed by atoms with E-state index in [1.165, 1.54) is 22.8 Å². The zero-order chi connectivity index (χ0) is 57.2. The highest BCUT2D eigenvalue weighted by molar-refractivity contribution is 7.90. The monoisotopic (exact) mass is 1160 g/mol. The van der Waals surface area contributed by atoms with Crippen molar-refractivity contribution in [2.45, 2.75) is 86.0 Å². The van der Waals surface area contributed by atoms with E-state index in [0.29, 0.717) is 91.1 Å². The van der Waals surface area contributed by atoms with Crippen LogP contribution in [-0.4, -0.2) is 139 Å². The van der Waals surface area contributed by atoms with E-state index in [9.17, 15) is 33.7 Å². The number of sulfonamides is 4. The number of rotatable bonds is 12. The van der Waals surface area contributed by atoms with Crippen LogP contribution in [0.1, 0.15) is 59.1 Å². The van der Waals surface area contributed by atoms with Gasteiger partial charge in [-0.1, -0.05) is 155 Å². The Bertz CT molecular complexity index is 3240. The summed E-state index contributed by atoms with van der Waals surface area (Å²) in [7, 11) is -14.9. The third kappa shape index (κ3) is 17.6. The average Bonchev–Trinajstić information content (AvgIpc) is 3.52. The lowest BCUT2D eigenvalue weighted by molar-refractivity contribution is 0.243. The summed E-state index contributed by atoms with van der Waals surface area (Å²) in [5, 5.41) is 0. The first-order valence-electron chi connectivity index (χ1n) is 27.2. The van der Waals surface area contributed by atoms with Crippen LogP contribution in [0, 0.1) is 39.5 Å². The van der Waals surface area contributed by atoms with E-state index in [-0.39, 0.29) is 45.8 Å². The van der Waals surface area contributed by atoms with E-state index in [4.69, 9.17) is 0 Å². The molecule has 2 aliphatic rings. The summed E-state index contributed by atoms with van der Waals surface area (Å²) < 4.78 is 114. The van der Waals surface area contributed by atoms with Crippen LogP contribution in [0.5, 0.6) is 0 Å². The third-order valence-corrected chi connectivity index (χ3v) is 21.6. The normalized spacial score (nSPS) is 17.8. The van der Waals surface area contributed by atoms with Crippen LogP contribution < -0.4 is 0 Å². The largest absolute Gasteiger partial charge is 0.299 e. The fraction of sp³-hybridized carbons (Fsp3) is 0.355. The number of nitrogens with zero attached hydrogens (tertiary/aromatic N) is 6. The maximum absolute atomic E-state index is 13.6. The molecule has 2 heterocycles. The molecule has 0 bridgehead atoms. The minimum atomic E-state index is -3.76. The highest BCUT2D eigenvalue weighted by Gasteiger charge is 2.28. The summed E-state index contributed by atoms with van der Waals surface area (Å²) in [6.45, 7) is 13.6. The molecule has 80 heavy (non-hydrogen) atoms. The maximum Gasteiger partial charge on any atom is 0.243 e. The molecule has 0 radical (unpaired) electrons. The predicted octanol–water partition coefficient (Wildman–Crippen LogP) is 9.12. The molecule has 0 atom stereocenters. The van der Waals surface area contributed by atoms with Crippen molar-refractivity contribution in [1.29, 1.82) is 0 Å². The average molecular weight is 1160 g/mol. The smallest absolute Gasteiger partial charge is 0.243 e. The van der Waals surface area contributed by atoms with Gasteiger partial charge in [-0.05, 0) is 139 Å². The van der Waals surface area contributed by atoms with Crippen molar-refractivity contribution in [3.05, 3.63) is 203 Å². The lowest BCUT2D eigenvalue weighted by Gasteiger charge is -2.26. The van der Waals surface area contributed by atoms with Crippen LogP contribution in [0.15, 0.2) is 189 Å². The van der Waals surface area contributed by atoms with Crippen LogP contribution in [-0.2, 0) is 53.2 Å². The van der Waals surface area contributed by atoms with Gasteiger partial charge in [-0.3, -0.25) is 9.80 Å².